The molecular weight excluding hydrogens is 252 g/mol. The van der Waals surface area contributed by atoms with Crippen LogP contribution in [0.15, 0.2) is 18.2 Å². The molecule has 20 heavy (non-hydrogen) atoms. The molecule has 0 bridgehead atoms. The van der Waals surface area contributed by atoms with Crippen LogP contribution in [0.2, 0.25) is 0 Å². The van der Waals surface area contributed by atoms with Crippen molar-refractivity contribution >= 4 is 11.6 Å². The zero-order valence-electron chi connectivity index (χ0n) is 12.4. The second-order valence-corrected chi connectivity index (χ2v) is 5.36. The van der Waals surface area contributed by atoms with E-state index in [0.29, 0.717) is 19.5 Å². The smallest absolute Gasteiger partial charge is 0.221 e. The van der Waals surface area contributed by atoms with Crippen LogP contribution < -0.4 is 10.6 Å². The molecule has 1 saturated heterocycles. The van der Waals surface area contributed by atoms with Gasteiger partial charge < -0.3 is 15.4 Å². The number of nitrogens with one attached hydrogen (secondary N) is 2. The van der Waals surface area contributed by atoms with Gasteiger partial charge in [-0.05, 0) is 43.9 Å². The molecule has 0 saturated carbocycles. The Labute approximate surface area is 120 Å². The number of aryl methyl sites for hydroxylation is 1. The van der Waals surface area contributed by atoms with E-state index >= 15 is 0 Å². The van der Waals surface area contributed by atoms with Gasteiger partial charge in [-0.3, -0.25) is 4.79 Å². The molecule has 0 aromatic heterocycles. The van der Waals surface area contributed by atoms with Crippen LogP contribution in [0, 0.1) is 13.8 Å². The molecular formula is C16H24N2O2. The maximum Gasteiger partial charge on any atom is 0.221 e. The molecule has 0 aliphatic carbocycles. The van der Waals surface area contributed by atoms with E-state index in [1.165, 1.54) is 11.1 Å². The second-order valence-electron chi connectivity index (χ2n) is 5.36. The average molecular weight is 276 g/mol. The number of carbonyl (C=O) groups is 1. The van der Waals surface area contributed by atoms with Gasteiger partial charge in [-0.1, -0.05) is 12.1 Å². The number of ether oxygens (including phenoxy) is 1. The SMILES string of the molecule is Cc1cccc(NCCC(=O)NCC2CCCO2)c1C. The molecule has 110 valence electrons. The Balaban J connectivity index is 1.67. The fourth-order valence-corrected chi connectivity index (χ4v) is 2.37. The van der Waals surface area contributed by atoms with Gasteiger partial charge in [-0.25, -0.2) is 0 Å². The Morgan fingerprint density at radius 1 is 1.40 bits per heavy atom. The Bertz CT molecular complexity index is 454. The molecule has 4 heteroatoms. The number of rotatable bonds is 6. The standard InChI is InChI=1S/C16H24N2O2/c1-12-5-3-7-15(13(12)2)17-9-8-16(19)18-11-14-6-4-10-20-14/h3,5,7,14,17H,4,6,8-11H2,1-2H3,(H,18,19). The van der Waals surface area contributed by atoms with Gasteiger partial charge in [0.2, 0.25) is 5.91 Å². The third kappa shape index (κ3) is 4.23. The molecule has 4 nitrogen and oxygen atoms in total. The van der Waals surface area contributed by atoms with Gasteiger partial charge in [-0.2, -0.15) is 0 Å². The first-order chi connectivity index (χ1) is 9.66. The number of hydrogen-bond acceptors (Lipinski definition) is 3. The van der Waals surface area contributed by atoms with E-state index in [2.05, 4.69) is 30.5 Å². The second kappa shape index (κ2) is 7.29. The van der Waals surface area contributed by atoms with Crippen LogP contribution in [0.1, 0.15) is 30.4 Å². The van der Waals surface area contributed by atoms with Crippen LogP contribution in [0.25, 0.3) is 0 Å². The fraction of sp³-hybridized carbons (Fsp3) is 0.562. The summed E-state index contributed by atoms with van der Waals surface area (Å²) in [5, 5.41) is 6.25. The topological polar surface area (TPSA) is 50.4 Å². The van der Waals surface area contributed by atoms with E-state index < -0.39 is 0 Å². The van der Waals surface area contributed by atoms with Crippen molar-refractivity contribution in [1.29, 1.82) is 0 Å². The van der Waals surface area contributed by atoms with Crippen LogP contribution in [0.5, 0.6) is 0 Å². The zero-order chi connectivity index (χ0) is 14.4. The summed E-state index contributed by atoms with van der Waals surface area (Å²) < 4.78 is 5.48. The number of amides is 1. The molecule has 1 aliphatic heterocycles. The van der Waals surface area contributed by atoms with E-state index in [1.807, 2.05) is 12.1 Å². The summed E-state index contributed by atoms with van der Waals surface area (Å²) in [4.78, 5) is 11.7. The average Bonchev–Trinajstić information content (AvgIpc) is 2.94. The molecule has 1 aromatic rings. The zero-order valence-corrected chi connectivity index (χ0v) is 12.4. The van der Waals surface area contributed by atoms with E-state index in [0.717, 1.165) is 25.1 Å². The van der Waals surface area contributed by atoms with Crippen molar-refractivity contribution in [3.63, 3.8) is 0 Å². The third-order valence-electron chi connectivity index (χ3n) is 3.82. The lowest BCUT2D eigenvalue weighted by atomic mass is 10.1. The highest BCUT2D eigenvalue weighted by Crippen LogP contribution is 2.17. The van der Waals surface area contributed by atoms with Gasteiger partial charge in [-0.15, -0.1) is 0 Å². The predicted molar refractivity (Wildman–Crippen MR) is 81.0 cm³/mol. The van der Waals surface area contributed by atoms with E-state index in [1.54, 1.807) is 0 Å². The normalized spacial score (nSPS) is 18.0. The van der Waals surface area contributed by atoms with Crippen LogP contribution in [-0.2, 0) is 9.53 Å². The number of carbonyl (C=O) groups excluding carboxylic acids is 1. The largest absolute Gasteiger partial charge is 0.384 e. The molecule has 1 aromatic carbocycles. The minimum Gasteiger partial charge on any atom is -0.384 e. The number of benzene rings is 1. The molecule has 0 spiro atoms. The van der Waals surface area contributed by atoms with Crippen molar-refractivity contribution in [3.8, 4) is 0 Å². The molecule has 1 fully saturated rings. The quantitative estimate of drug-likeness (QED) is 0.839. The van der Waals surface area contributed by atoms with Crippen LogP contribution in [-0.4, -0.2) is 31.7 Å². The molecule has 1 atom stereocenters. The lowest BCUT2D eigenvalue weighted by molar-refractivity contribution is -0.121. The first-order valence-electron chi connectivity index (χ1n) is 7.35. The first kappa shape index (κ1) is 14.9. The summed E-state index contributed by atoms with van der Waals surface area (Å²) in [5.74, 6) is 0.0818. The molecule has 2 rings (SSSR count). The highest BCUT2D eigenvalue weighted by molar-refractivity contribution is 5.76. The highest BCUT2D eigenvalue weighted by atomic mass is 16.5. The van der Waals surface area contributed by atoms with E-state index in [9.17, 15) is 4.79 Å². The lowest BCUT2D eigenvalue weighted by Gasteiger charge is -2.13. The monoisotopic (exact) mass is 276 g/mol. The van der Waals surface area contributed by atoms with Gasteiger partial charge in [0, 0.05) is 31.8 Å². The summed E-state index contributed by atoms with van der Waals surface area (Å²) in [7, 11) is 0. The van der Waals surface area contributed by atoms with Crippen LogP contribution in [0.4, 0.5) is 5.69 Å². The lowest BCUT2D eigenvalue weighted by Crippen LogP contribution is -2.32. The molecule has 1 amide bonds. The van der Waals surface area contributed by atoms with Gasteiger partial charge >= 0.3 is 0 Å². The summed E-state index contributed by atoms with van der Waals surface area (Å²) in [5.41, 5.74) is 3.61. The first-order valence-corrected chi connectivity index (χ1v) is 7.35. The Morgan fingerprint density at radius 2 is 2.25 bits per heavy atom. The minimum absolute atomic E-state index is 0.0818. The van der Waals surface area contributed by atoms with Crippen molar-refractivity contribution < 1.29 is 9.53 Å². The maximum absolute atomic E-state index is 11.7. The van der Waals surface area contributed by atoms with Crippen LogP contribution in [0.3, 0.4) is 0 Å². The van der Waals surface area contributed by atoms with E-state index in [-0.39, 0.29) is 12.0 Å². The van der Waals surface area contributed by atoms with Gasteiger partial charge in [0.1, 0.15) is 0 Å². The Hall–Kier alpha value is -1.55. The number of hydrogen-bond donors (Lipinski definition) is 2. The van der Waals surface area contributed by atoms with E-state index in [4.69, 9.17) is 4.74 Å². The Morgan fingerprint density at radius 3 is 3.00 bits per heavy atom. The predicted octanol–water partition coefficient (Wildman–Crippen LogP) is 2.40. The van der Waals surface area contributed by atoms with Gasteiger partial charge in [0.05, 0.1) is 6.10 Å². The fourth-order valence-electron chi connectivity index (χ4n) is 2.37. The molecule has 1 aliphatic rings. The summed E-state index contributed by atoms with van der Waals surface area (Å²) in [6.45, 7) is 6.31. The third-order valence-corrected chi connectivity index (χ3v) is 3.82. The minimum atomic E-state index is 0.0818. The highest BCUT2D eigenvalue weighted by Gasteiger charge is 2.15. The summed E-state index contributed by atoms with van der Waals surface area (Å²) in [6, 6.07) is 6.17. The van der Waals surface area contributed by atoms with Gasteiger partial charge in [0.15, 0.2) is 0 Å². The molecule has 1 unspecified atom stereocenters. The maximum atomic E-state index is 11.7. The number of anilines is 1. The van der Waals surface area contributed by atoms with Crippen molar-refractivity contribution in [2.75, 3.05) is 25.0 Å². The molecule has 1 heterocycles. The summed E-state index contributed by atoms with van der Waals surface area (Å²) >= 11 is 0. The van der Waals surface area contributed by atoms with Crippen LogP contribution >= 0.6 is 0 Å². The molecule has 0 radical (unpaired) electrons. The molecule has 2 N–H and O–H groups in total. The van der Waals surface area contributed by atoms with Crippen molar-refractivity contribution in [2.24, 2.45) is 0 Å². The van der Waals surface area contributed by atoms with Gasteiger partial charge in [0.25, 0.3) is 0 Å². The summed E-state index contributed by atoms with van der Waals surface area (Å²) in [6.07, 6.45) is 2.86. The van der Waals surface area contributed by atoms with Crippen molar-refractivity contribution in [1.82, 2.24) is 5.32 Å². The van der Waals surface area contributed by atoms with Crippen molar-refractivity contribution in [2.45, 2.75) is 39.2 Å². The Kier molecular flexibility index (Phi) is 5.41. The van der Waals surface area contributed by atoms with Crippen molar-refractivity contribution in [3.05, 3.63) is 29.3 Å².